The highest BCUT2D eigenvalue weighted by molar-refractivity contribution is 5.70. The van der Waals surface area contributed by atoms with Crippen molar-refractivity contribution < 1.29 is 14.7 Å². The maximum absolute atomic E-state index is 10.8. The van der Waals surface area contributed by atoms with E-state index in [1.165, 1.54) is 7.05 Å². The molecular formula is C9H10NO3+. The minimum absolute atomic E-state index is 0.0111. The summed E-state index contributed by atoms with van der Waals surface area (Å²) in [6, 6.07) is 6.48. The van der Waals surface area contributed by atoms with Crippen molar-refractivity contribution >= 4 is 11.7 Å². The molecule has 0 atom stereocenters. The molecule has 1 rings (SSSR count). The Morgan fingerprint density at radius 1 is 1.38 bits per heavy atom. The van der Waals surface area contributed by atoms with Gasteiger partial charge in [0.1, 0.15) is 0 Å². The molecule has 0 amide bonds. The van der Waals surface area contributed by atoms with Crippen LogP contribution in [0.25, 0.3) is 0 Å². The number of rotatable bonds is 3. The van der Waals surface area contributed by atoms with Gasteiger partial charge in [-0.1, -0.05) is 12.1 Å². The molecule has 0 aliphatic heterocycles. The predicted molar refractivity (Wildman–Crippen MR) is 47.0 cm³/mol. The highest BCUT2D eigenvalue weighted by atomic mass is 16.4. The molecule has 1 aromatic carbocycles. The summed E-state index contributed by atoms with van der Waals surface area (Å²) in [5.41, 5.74) is 1.22. The quantitative estimate of drug-likeness (QED) is 0.714. The summed E-state index contributed by atoms with van der Waals surface area (Å²) in [5.74, 6) is -0.872. The van der Waals surface area contributed by atoms with Crippen LogP contribution in [-0.2, 0) is 11.2 Å². The number of hydrogen-bond donors (Lipinski definition) is 1. The van der Waals surface area contributed by atoms with Gasteiger partial charge >= 0.3 is 5.97 Å². The maximum Gasteiger partial charge on any atom is 0.307 e. The molecule has 0 aliphatic rings. The van der Waals surface area contributed by atoms with Crippen LogP contribution in [0.4, 0.5) is 5.69 Å². The summed E-state index contributed by atoms with van der Waals surface area (Å²) in [7, 11) is 1.40. The number of nitrogens with zero attached hydrogens (tertiary/aromatic N) is 1. The van der Waals surface area contributed by atoms with Crippen molar-refractivity contribution in [3.8, 4) is 0 Å². The molecule has 0 aromatic heterocycles. The van der Waals surface area contributed by atoms with Gasteiger partial charge in [0, 0.05) is 21.8 Å². The summed E-state index contributed by atoms with van der Waals surface area (Å²) in [6.07, 6.45) is -0.0111. The van der Waals surface area contributed by atoms with Crippen LogP contribution >= 0.6 is 0 Å². The van der Waals surface area contributed by atoms with Gasteiger partial charge in [-0.15, -0.1) is 0 Å². The minimum atomic E-state index is -0.872. The van der Waals surface area contributed by atoms with E-state index < -0.39 is 5.97 Å². The normalized spacial score (nSPS) is 9.62. The molecule has 0 fully saturated rings. The molecule has 0 aliphatic carbocycles. The summed E-state index contributed by atoms with van der Waals surface area (Å²) >= 11 is 0. The number of benzene rings is 1. The lowest BCUT2D eigenvalue weighted by Gasteiger charge is -1.94. The fraction of sp³-hybridized carbons (Fsp3) is 0.222. The Morgan fingerprint density at radius 2 is 1.92 bits per heavy atom. The summed E-state index contributed by atoms with van der Waals surface area (Å²) in [4.78, 5) is 21.1. The average molecular weight is 180 g/mol. The third-order valence-corrected chi connectivity index (χ3v) is 1.66. The second-order valence-corrected chi connectivity index (χ2v) is 2.73. The van der Waals surface area contributed by atoms with E-state index in [2.05, 4.69) is 0 Å². The number of carboxylic acids is 1. The highest BCUT2D eigenvalue weighted by Gasteiger charge is 2.06. The van der Waals surface area contributed by atoms with Gasteiger partial charge in [0.15, 0.2) is 7.05 Å². The summed E-state index contributed by atoms with van der Waals surface area (Å²) < 4.78 is 0.727. The Balaban J connectivity index is 2.81. The van der Waals surface area contributed by atoms with E-state index in [-0.39, 0.29) is 6.42 Å². The van der Waals surface area contributed by atoms with Gasteiger partial charge in [-0.2, -0.15) is 0 Å². The van der Waals surface area contributed by atoms with E-state index in [1.807, 2.05) is 0 Å². The van der Waals surface area contributed by atoms with Gasteiger partial charge < -0.3 is 5.11 Å². The standard InChI is InChI=1S/C9H9NO3/c1-10(13)8-4-2-7(3-5-8)6-9(11)12/h2-5H,6H2,1H3/p+1. The molecule has 0 unspecified atom stereocenters. The van der Waals surface area contributed by atoms with Gasteiger partial charge in [0.05, 0.1) is 6.42 Å². The SMILES string of the molecule is C[N+](=O)c1ccc(CC(=O)O)cc1. The number of carbonyl (C=O) groups is 1. The molecule has 68 valence electrons. The number of hydrogen-bond acceptors (Lipinski definition) is 2. The molecule has 0 saturated carbocycles. The second-order valence-electron chi connectivity index (χ2n) is 2.73. The lowest BCUT2D eigenvalue weighted by atomic mass is 10.1. The summed E-state index contributed by atoms with van der Waals surface area (Å²) in [6.45, 7) is 0. The molecule has 1 N–H and O–H groups in total. The molecule has 0 spiro atoms. The van der Waals surface area contributed by atoms with E-state index in [1.54, 1.807) is 24.3 Å². The van der Waals surface area contributed by atoms with E-state index in [0.717, 1.165) is 4.76 Å². The van der Waals surface area contributed by atoms with Crippen molar-refractivity contribution in [1.29, 1.82) is 0 Å². The fourth-order valence-corrected chi connectivity index (χ4v) is 0.998. The first-order chi connectivity index (χ1) is 6.09. The first kappa shape index (κ1) is 9.38. The van der Waals surface area contributed by atoms with Crippen LogP contribution in [-0.4, -0.2) is 22.9 Å². The Labute approximate surface area is 75.4 Å². The fourth-order valence-electron chi connectivity index (χ4n) is 0.998. The van der Waals surface area contributed by atoms with E-state index in [9.17, 15) is 9.70 Å². The molecule has 4 nitrogen and oxygen atoms in total. The van der Waals surface area contributed by atoms with Crippen LogP contribution in [0.15, 0.2) is 24.3 Å². The smallest absolute Gasteiger partial charge is 0.307 e. The lowest BCUT2D eigenvalue weighted by molar-refractivity contribution is -0.428. The van der Waals surface area contributed by atoms with Crippen molar-refractivity contribution in [3.63, 3.8) is 0 Å². The van der Waals surface area contributed by atoms with Gasteiger partial charge in [-0.3, -0.25) is 4.79 Å². The maximum atomic E-state index is 10.8. The largest absolute Gasteiger partial charge is 0.481 e. The van der Waals surface area contributed by atoms with Gasteiger partial charge in [-0.25, -0.2) is 0 Å². The van der Waals surface area contributed by atoms with E-state index in [4.69, 9.17) is 5.11 Å². The monoisotopic (exact) mass is 180 g/mol. The predicted octanol–water partition coefficient (Wildman–Crippen LogP) is 1.35. The first-order valence-electron chi connectivity index (χ1n) is 3.81. The zero-order chi connectivity index (χ0) is 9.84. The van der Waals surface area contributed by atoms with Crippen molar-refractivity contribution in [3.05, 3.63) is 34.7 Å². The van der Waals surface area contributed by atoms with Crippen LogP contribution < -0.4 is 0 Å². The Hall–Kier alpha value is -1.71. The van der Waals surface area contributed by atoms with Gasteiger partial charge in [0.2, 0.25) is 0 Å². The molecule has 1 aromatic rings. The molecule has 0 bridgehead atoms. The number of nitroso groups, excluding NO2 is 1. The second kappa shape index (κ2) is 3.80. The van der Waals surface area contributed by atoms with Crippen LogP contribution in [0.5, 0.6) is 0 Å². The zero-order valence-corrected chi connectivity index (χ0v) is 7.23. The Bertz CT molecular complexity index is 329. The molecule has 4 heteroatoms. The third kappa shape index (κ3) is 2.66. The number of carboxylic acid groups (broad SMARTS) is 1. The van der Waals surface area contributed by atoms with Crippen molar-refractivity contribution in [2.45, 2.75) is 6.42 Å². The highest BCUT2D eigenvalue weighted by Crippen LogP contribution is 2.11. The van der Waals surface area contributed by atoms with Crippen LogP contribution in [0, 0.1) is 4.91 Å². The van der Waals surface area contributed by atoms with Gasteiger partial charge in [-0.05, 0) is 5.56 Å². The average Bonchev–Trinajstić information content (AvgIpc) is 2.04. The third-order valence-electron chi connectivity index (χ3n) is 1.66. The van der Waals surface area contributed by atoms with Crippen molar-refractivity contribution in [1.82, 2.24) is 0 Å². The molecule has 0 saturated heterocycles. The van der Waals surface area contributed by atoms with E-state index in [0.29, 0.717) is 11.3 Å². The first-order valence-corrected chi connectivity index (χ1v) is 3.81. The van der Waals surface area contributed by atoms with Gasteiger partial charge in [0.25, 0.3) is 5.69 Å². The molecular weight excluding hydrogens is 170 g/mol. The topological polar surface area (TPSA) is 57.4 Å². The minimum Gasteiger partial charge on any atom is -0.481 e. The number of aliphatic carboxylic acids is 1. The van der Waals surface area contributed by atoms with Crippen LogP contribution in [0.1, 0.15) is 5.56 Å². The van der Waals surface area contributed by atoms with Crippen LogP contribution in [0.3, 0.4) is 0 Å². The zero-order valence-electron chi connectivity index (χ0n) is 7.23. The van der Waals surface area contributed by atoms with E-state index >= 15 is 0 Å². The van der Waals surface area contributed by atoms with Crippen molar-refractivity contribution in [2.75, 3.05) is 7.05 Å². The Morgan fingerprint density at radius 3 is 2.31 bits per heavy atom. The van der Waals surface area contributed by atoms with Crippen LogP contribution in [0.2, 0.25) is 0 Å². The van der Waals surface area contributed by atoms with Crippen molar-refractivity contribution in [2.24, 2.45) is 0 Å². The summed E-state index contributed by atoms with van der Waals surface area (Å²) in [5, 5.41) is 8.47. The molecule has 0 radical (unpaired) electrons. The Kier molecular flexibility index (Phi) is 2.74. The molecule has 0 heterocycles. The lowest BCUT2D eigenvalue weighted by Crippen LogP contribution is -2.00. The molecule has 13 heavy (non-hydrogen) atoms.